The molecular formula is C19H20N2O7. The number of carbonyl (C=O) groups excluding carboxylic acids is 2. The number of para-hydroxylation sites is 2. The first-order valence-corrected chi connectivity index (χ1v) is 8.43. The number of amides is 1. The van der Waals surface area contributed by atoms with Gasteiger partial charge < -0.3 is 19.5 Å². The molecule has 0 radical (unpaired) electrons. The van der Waals surface area contributed by atoms with E-state index in [2.05, 4.69) is 10.1 Å². The molecule has 2 aromatic carbocycles. The summed E-state index contributed by atoms with van der Waals surface area (Å²) >= 11 is 0. The zero-order chi connectivity index (χ0) is 20.7. The number of nitro benzene ring substituents is 1. The summed E-state index contributed by atoms with van der Waals surface area (Å²) < 4.78 is 15.5. The van der Waals surface area contributed by atoms with Gasteiger partial charge in [-0.2, -0.15) is 0 Å². The van der Waals surface area contributed by atoms with Gasteiger partial charge in [0.1, 0.15) is 5.75 Å². The van der Waals surface area contributed by atoms with Gasteiger partial charge in [-0.05, 0) is 38.1 Å². The van der Waals surface area contributed by atoms with Gasteiger partial charge >= 0.3 is 11.7 Å². The zero-order valence-corrected chi connectivity index (χ0v) is 15.6. The van der Waals surface area contributed by atoms with Crippen LogP contribution >= 0.6 is 0 Å². The maximum Gasteiger partial charge on any atom is 0.338 e. The van der Waals surface area contributed by atoms with Crippen molar-refractivity contribution in [2.45, 2.75) is 20.0 Å². The molecule has 0 saturated heterocycles. The van der Waals surface area contributed by atoms with Crippen molar-refractivity contribution < 1.29 is 28.7 Å². The number of esters is 1. The number of benzene rings is 2. The highest BCUT2D eigenvalue weighted by Gasteiger charge is 2.24. The predicted molar refractivity (Wildman–Crippen MR) is 101 cm³/mol. The van der Waals surface area contributed by atoms with Gasteiger partial charge in [-0.15, -0.1) is 0 Å². The molecule has 0 heterocycles. The summed E-state index contributed by atoms with van der Waals surface area (Å²) in [5.74, 6) is -0.871. The average Bonchev–Trinajstić information content (AvgIpc) is 2.69. The van der Waals surface area contributed by atoms with Crippen LogP contribution in [0, 0.1) is 10.1 Å². The van der Waals surface area contributed by atoms with Crippen LogP contribution in [0.2, 0.25) is 0 Å². The highest BCUT2D eigenvalue weighted by atomic mass is 16.6. The molecule has 148 valence electrons. The van der Waals surface area contributed by atoms with Crippen LogP contribution in [-0.2, 0) is 9.53 Å². The minimum absolute atomic E-state index is 0.00398. The lowest BCUT2D eigenvalue weighted by molar-refractivity contribution is -0.386. The van der Waals surface area contributed by atoms with Crippen molar-refractivity contribution in [3.05, 3.63) is 58.1 Å². The van der Waals surface area contributed by atoms with Gasteiger partial charge in [0, 0.05) is 6.07 Å². The summed E-state index contributed by atoms with van der Waals surface area (Å²) in [4.78, 5) is 34.6. The Bertz CT molecular complexity index is 882. The fraction of sp³-hybridized carbons (Fsp3) is 0.263. The first-order valence-electron chi connectivity index (χ1n) is 8.43. The van der Waals surface area contributed by atoms with Gasteiger partial charge in [-0.1, -0.05) is 12.1 Å². The second kappa shape index (κ2) is 9.36. The Morgan fingerprint density at radius 3 is 2.54 bits per heavy atom. The Kier molecular flexibility index (Phi) is 6.91. The third-order valence-corrected chi connectivity index (χ3v) is 3.69. The topological polar surface area (TPSA) is 117 Å². The molecule has 0 saturated carbocycles. The molecule has 0 unspecified atom stereocenters. The lowest BCUT2D eigenvalue weighted by atomic mass is 10.2. The van der Waals surface area contributed by atoms with E-state index in [9.17, 15) is 19.7 Å². The molecule has 2 aromatic rings. The number of nitrogens with one attached hydrogen (secondary N) is 1. The molecule has 0 bridgehead atoms. The SMILES string of the molecule is CCOc1ccccc1NC(=O)[C@@H](C)Oc1ccc(C(=O)OC)cc1[N+](=O)[O-]. The first kappa shape index (κ1) is 20.7. The molecule has 9 nitrogen and oxygen atoms in total. The Morgan fingerprint density at radius 1 is 1.18 bits per heavy atom. The maximum absolute atomic E-state index is 12.4. The Balaban J connectivity index is 2.18. The molecule has 1 N–H and O–H groups in total. The fourth-order valence-electron chi connectivity index (χ4n) is 2.33. The number of hydrogen-bond donors (Lipinski definition) is 1. The summed E-state index contributed by atoms with van der Waals surface area (Å²) in [5, 5.41) is 14.0. The van der Waals surface area contributed by atoms with Crippen molar-refractivity contribution in [2.24, 2.45) is 0 Å². The van der Waals surface area contributed by atoms with Crippen LogP contribution in [-0.4, -0.2) is 36.6 Å². The number of nitro groups is 1. The van der Waals surface area contributed by atoms with E-state index in [0.29, 0.717) is 18.0 Å². The number of ether oxygens (including phenoxy) is 3. The molecule has 0 spiro atoms. The van der Waals surface area contributed by atoms with Crippen molar-refractivity contribution in [3.8, 4) is 11.5 Å². The number of methoxy groups -OCH3 is 1. The molecule has 2 rings (SSSR count). The van der Waals surface area contributed by atoms with Crippen LogP contribution in [0.3, 0.4) is 0 Å². The van der Waals surface area contributed by atoms with Crippen LogP contribution < -0.4 is 14.8 Å². The normalized spacial score (nSPS) is 11.2. The van der Waals surface area contributed by atoms with Crippen molar-refractivity contribution in [1.82, 2.24) is 0 Å². The molecule has 0 aliphatic carbocycles. The van der Waals surface area contributed by atoms with Gasteiger partial charge in [0.05, 0.1) is 29.9 Å². The number of rotatable bonds is 8. The van der Waals surface area contributed by atoms with Crippen molar-refractivity contribution in [2.75, 3.05) is 19.0 Å². The lowest BCUT2D eigenvalue weighted by Crippen LogP contribution is -2.30. The summed E-state index contributed by atoms with van der Waals surface area (Å²) in [7, 11) is 1.17. The second-order valence-electron chi connectivity index (χ2n) is 5.61. The van der Waals surface area contributed by atoms with Crippen LogP contribution in [0.4, 0.5) is 11.4 Å². The van der Waals surface area contributed by atoms with Gasteiger partial charge in [0.25, 0.3) is 5.91 Å². The highest BCUT2D eigenvalue weighted by molar-refractivity contribution is 5.95. The van der Waals surface area contributed by atoms with Crippen molar-refractivity contribution in [1.29, 1.82) is 0 Å². The quantitative estimate of drug-likeness (QED) is 0.419. The summed E-state index contributed by atoms with van der Waals surface area (Å²) in [6.45, 7) is 3.70. The number of carbonyl (C=O) groups is 2. The van der Waals surface area contributed by atoms with Gasteiger partial charge in [-0.25, -0.2) is 4.79 Å². The van der Waals surface area contributed by atoms with E-state index in [-0.39, 0.29) is 11.3 Å². The minimum Gasteiger partial charge on any atom is -0.492 e. The first-order chi connectivity index (χ1) is 13.4. The van der Waals surface area contributed by atoms with E-state index < -0.39 is 28.6 Å². The molecule has 0 fully saturated rings. The van der Waals surface area contributed by atoms with Crippen molar-refractivity contribution >= 4 is 23.3 Å². The smallest absolute Gasteiger partial charge is 0.338 e. The third-order valence-electron chi connectivity index (χ3n) is 3.69. The van der Waals surface area contributed by atoms with E-state index in [1.807, 2.05) is 6.92 Å². The van der Waals surface area contributed by atoms with E-state index in [0.717, 1.165) is 6.07 Å². The molecule has 9 heteroatoms. The van der Waals surface area contributed by atoms with Crippen LogP contribution in [0.5, 0.6) is 11.5 Å². The zero-order valence-electron chi connectivity index (χ0n) is 15.6. The second-order valence-corrected chi connectivity index (χ2v) is 5.61. The van der Waals surface area contributed by atoms with E-state index in [4.69, 9.17) is 9.47 Å². The molecular weight excluding hydrogens is 368 g/mol. The Labute approximate surface area is 161 Å². The molecule has 0 aromatic heterocycles. The molecule has 0 aliphatic heterocycles. The van der Waals surface area contributed by atoms with E-state index in [1.165, 1.54) is 26.2 Å². The van der Waals surface area contributed by atoms with E-state index >= 15 is 0 Å². The summed E-state index contributed by atoms with van der Waals surface area (Å²) in [6, 6.07) is 10.5. The average molecular weight is 388 g/mol. The van der Waals surface area contributed by atoms with Crippen LogP contribution in [0.15, 0.2) is 42.5 Å². The predicted octanol–water partition coefficient (Wildman–Crippen LogP) is 3.19. The Hall–Kier alpha value is -3.62. The molecule has 0 aliphatic rings. The summed E-state index contributed by atoms with van der Waals surface area (Å²) in [6.07, 6.45) is -1.04. The molecule has 28 heavy (non-hydrogen) atoms. The number of anilines is 1. The molecule has 1 amide bonds. The van der Waals surface area contributed by atoms with Crippen molar-refractivity contribution in [3.63, 3.8) is 0 Å². The van der Waals surface area contributed by atoms with Gasteiger partial charge in [-0.3, -0.25) is 14.9 Å². The van der Waals surface area contributed by atoms with Crippen LogP contribution in [0.25, 0.3) is 0 Å². The standard InChI is InChI=1S/C19H20N2O7/c1-4-27-16-8-6-5-7-14(16)20-18(22)12(2)28-17-10-9-13(19(23)26-3)11-15(17)21(24)25/h5-12H,4H2,1-3H3,(H,20,22)/t12-/m1/s1. The highest BCUT2D eigenvalue weighted by Crippen LogP contribution is 2.30. The third kappa shape index (κ3) is 4.97. The summed E-state index contributed by atoms with van der Waals surface area (Å²) in [5.41, 5.74) is 0.0156. The fourth-order valence-corrected chi connectivity index (χ4v) is 2.33. The van der Waals surface area contributed by atoms with Gasteiger partial charge in [0.15, 0.2) is 11.9 Å². The minimum atomic E-state index is -1.04. The monoisotopic (exact) mass is 388 g/mol. The molecule has 1 atom stereocenters. The van der Waals surface area contributed by atoms with Gasteiger partial charge in [0.2, 0.25) is 0 Å². The Morgan fingerprint density at radius 2 is 1.89 bits per heavy atom. The maximum atomic E-state index is 12.4. The number of hydrogen-bond acceptors (Lipinski definition) is 7. The van der Waals surface area contributed by atoms with Crippen LogP contribution in [0.1, 0.15) is 24.2 Å². The van der Waals surface area contributed by atoms with E-state index in [1.54, 1.807) is 24.3 Å². The number of nitrogens with zero attached hydrogens (tertiary/aromatic N) is 1. The lowest BCUT2D eigenvalue weighted by Gasteiger charge is -2.16. The largest absolute Gasteiger partial charge is 0.492 e.